The summed E-state index contributed by atoms with van der Waals surface area (Å²) in [6.45, 7) is 4.64. The Morgan fingerprint density at radius 2 is 2.15 bits per heavy atom. The molecule has 1 saturated heterocycles. The molecule has 0 amide bonds. The molecule has 1 nitrogen and oxygen atoms in total. The van der Waals surface area contributed by atoms with Gasteiger partial charge in [0.1, 0.15) is 0 Å². The Labute approximate surface area is 87.1 Å². The minimum atomic E-state index is 0.789. The molecule has 2 heteroatoms. The molecule has 0 aromatic heterocycles. The van der Waals surface area contributed by atoms with Gasteiger partial charge in [0.2, 0.25) is 0 Å². The Morgan fingerprint density at radius 1 is 1.38 bits per heavy atom. The van der Waals surface area contributed by atoms with E-state index in [1.165, 1.54) is 30.8 Å². The molecule has 1 rings (SSSR count). The van der Waals surface area contributed by atoms with Gasteiger partial charge in [0.05, 0.1) is 0 Å². The van der Waals surface area contributed by atoms with Crippen LogP contribution in [0.5, 0.6) is 0 Å². The highest BCUT2D eigenvalue weighted by atomic mass is 32.2. The van der Waals surface area contributed by atoms with Crippen molar-refractivity contribution in [2.75, 3.05) is 18.6 Å². The van der Waals surface area contributed by atoms with E-state index >= 15 is 0 Å². The fraction of sp³-hybridized carbons (Fsp3) is 1.00. The maximum atomic E-state index is 3.43. The molecule has 78 valence electrons. The van der Waals surface area contributed by atoms with Gasteiger partial charge in [-0.15, -0.1) is 0 Å². The van der Waals surface area contributed by atoms with E-state index in [9.17, 15) is 0 Å². The molecule has 0 bridgehead atoms. The van der Waals surface area contributed by atoms with Crippen LogP contribution in [0.1, 0.15) is 33.1 Å². The average Bonchev–Trinajstić information content (AvgIpc) is 2.51. The number of rotatable bonds is 5. The highest BCUT2D eigenvalue weighted by molar-refractivity contribution is 7.99. The molecule has 0 spiro atoms. The van der Waals surface area contributed by atoms with Crippen molar-refractivity contribution >= 4 is 11.8 Å². The Kier molecular flexibility index (Phi) is 5.18. The van der Waals surface area contributed by atoms with E-state index < -0.39 is 0 Å². The molecule has 1 fully saturated rings. The van der Waals surface area contributed by atoms with Gasteiger partial charge in [-0.2, -0.15) is 11.8 Å². The standard InChI is InChI=1S/C11H23NS/c1-9(2)5-4-6-10-7-13-8-11(10)12-3/h9-12H,4-8H2,1-3H3. The molecule has 1 aliphatic heterocycles. The van der Waals surface area contributed by atoms with E-state index in [1.807, 2.05) is 0 Å². The first-order chi connectivity index (χ1) is 6.24. The predicted octanol–water partition coefficient (Wildman–Crippen LogP) is 2.76. The van der Waals surface area contributed by atoms with Gasteiger partial charge in [-0.25, -0.2) is 0 Å². The van der Waals surface area contributed by atoms with Crippen molar-refractivity contribution in [3.8, 4) is 0 Å². The minimum Gasteiger partial charge on any atom is -0.316 e. The van der Waals surface area contributed by atoms with E-state index in [0.29, 0.717) is 0 Å². The fourth-order valence-corrected chi connectivity index (χ4v) is 3.52. The fourth-order valence-electron chi connectivity index (χ4n) is 1.99. The Bertz CT molecular complexity index is 136. The molecular weight excluding hydrogens is 178 g/mol. The Morgan fingerprint density at radius 3 is 2.77 bits per heavy atom. The van der Waals surface area contributed by atoms with Crippen molar-refractivity contribution < 1.29 is 0 Å². The third kappa shape index (κ3) is 3.90. The van der Waals surface area contributed by atoms with Gasteiger partial charge in [0.25, 0.3) is 0 Å². The van der Waals surface area contributed by atoms with Gasteiger partial charge < -0.3 is 5.32 Å². The average molecular weight is 201 g/mol. The maximum Gasteiger partial charge on any atom is 0.0191 e. The largest absolute Gasteiger partial charge is 0.316 e. The lowest BCUT2D eigenvalue weighted by atomic mass is 9.95. The summed E-state index contributed by atoms with van der Waals surface area (Å²) in [6, 6.07) is 0.789. The zero-order chi connectivity index (χ0) is 9.68. The van der Waals surface area contributed by atoms with Crippen LogP contribution in [0.2, 0.25) is 0 Å². The Balaban J connectivity index is 2.13. The molecule has 0 aromatic carbocycles. The van der Waals surface area contributed by atoms with Gasteiger partial charge in [0.15, 0.2) is 0 Å². The lowest BCUT2D eigenvalue weighted by Crippen LogP contribution is -2.32. The number of hydrogen-bond acceptors (Lipinski definition) is 2. The van der Waals surface area contributed by atoms with Gasteiger partial charge in [-0.1, -0.05) is 26.7 Å². The topological polar surface area (TPSA) is 12.0 Å². The molecule has 0 saturated carbocycles. The van der Waals surface area contributed by atoms with Crippen LogP contribution in [-0.4, -0.2) is 24.6 Å². The highest BCUT2D eigenvalue weighted by Gasteiger charge is 2.25. The number of nitrogens with one attached hydrogen (secondary N) is 1. The SMILES string of the molecule is CNC1CSCC1CCCC(C)C. The van der Waals surface area contributed by atoms with Crippen molar-refractivity contribution in [1.82, 2.24) is 5.32 Å². The molecule has 2 atom stereocenters. The number of thioether (sulfide) groups is 1. The molecule has 1 N–H and O–H groups in total. The smallest absolute Gasteiger partial charge is 0.0191 e. The van der Waals surface area contributed by atoms with Gasteiger partial charge in [0, 0.05) is 11.8 Å². The van der Waals surface area contributed by atoms with Crippen molar-refractivity contribution in [1.29, 1.82) is 0 Å². The molecule has 0 radical (unpaired) electrons. The summed E-state index contributed by atoms with van der Waals surface area (Å²) in [5.74, 6) is 4.52. The summed E-state index contributed by atoms with van der Waals surface area (Å²) in [7, 11) is 2.10. The van der Waals surface area contributed by atoms with E-state index in [0.717, 1.165) is 17.9 Å². The van der Waals surface area contributed by atoms with Crippen LogP contribution in [0.25, 0.3) is 0 Å². The van der Waals surface area contributed by atoms with Gasteiger partial charge in [-0.3, -0.25) is 0 Å². The minimum absolute atomic E-state index is 0.789. The second-order valence-corrected chi connectivity index (χ2v) is 5.59. The van der Waals surface area contributed by atoms with Crippen molar-refractivity contribution in [3.63, 3.8) is 0 Å². The first kappa shape index (κ1) is 11.4. The molecular formula is C11H23NS. The first-order valence-corrected chi connectivity index (χ1v) is 6.64. The van der Waals surface area contributed by atoms with Crippen LogP contribution in [0, 0.1) is 11.8 Å². The number of hydrogen-bond donors (Lipinski definition) is 1. The van der Waals surface area contributed by atoms with Crippen molar-refractivity contribution in [2.45, 2.75) is 39.2 Å². The van der Waals surface area contributed by atoms with Gasteiger partial charge in [-0.05, 0) is 31.1 Å². The Hall–Kier alpha value is 0.310. The van der Waals surface area contributed by atoms with Crippen LogP contribution in [0.3, 0.4) is 0 Å². The zero-order valence-electron chi connectivity index (χ0n) is 9.18. The lowest BCUT2D eigenvalue weighted by molar-refractivity contribution is 0.397. The molecule has 1 aliphatic rings. The normalized spacial score (nSPS) is 28.6. The summed E-state index contributed by atoms with van der Waals surface area (Å²) >= 11 is 2.11. The summed E-state index contributed by atoms with van der Waals surface area (Å²) in [5.41, 5.74) is 0. The van der Waals surface area contributed by atoms with Crippen molar-refractivity contribution in [2.24, 2.45) is 11.8 Å². The molecule has 13 heavy (non-hydrogen) atoms. The summed E-state index contributed by atoms with van der Waals surface area (Å²) in [6.07, 6.45) is 4.25. The van der Waals surface area contributed by atoms with Crippen molar-refractivity contribution in [3.05, 3.63) is 0 Å². The second-order valence-electron chi connectivity index (χ2n) is 4.52. The van der Waals surface area contributed by atoms with E-state index in [1.54, 1.807) is 0 Å². The lowest BCUT2D eigenvalue weighted by Gasteiger charge is -2.18. The first-order valence-electron chi connectivity index (χ1n) is 5.49. The van der Waals surface area contributed by atoms with E-state index in [2.05, 4.69) is 38.0 Å². The molecule has 1 heterocycles. The van der Waals surface area contributed by atoms with E-state index in [-0.39, 0.29) is 0 Å². The third-order valence-electron chi connectivity index (χ3n) is 2.93. The quantitative estimate of drug-likeness (QED) is 0.734. The van der Waals surface area contributed by atoms with Crippen LogP contribution < -0.4 is 5.32 Å². The summed E-state index contributed by atoms with van der Waals surface area (Å²) in [4.78, 5) is 0. The van der Waals surface area contributed by atoms with Crippen LogP contribution in [-0.2, 0) is 0 Å². The molecule has 0 aliphatic carbocycles. The van der Waals surface area contributed by atoms with Crippen LogP contribution >= 0.6 is 11.8 Å². The summed E-state index contributed by atoms with van der Waals surface area (Å²) < 4.78 is 0. The molecule has 0 aromatic rings. The van der Waals surface area contributed by atoms with Crippen LogP contribution in [0.4, 0.5) is 0 Å². The second kappa shape index (κ2) is 5.92. The predicted molar refractivity (Wildman–Crippen MR) is 62.4 cm³/mol. The zero-order valence-corrected chi connectivity index (χ0v) is 9.99. The van der Waals surface area contributed by atoms with Gasteiger partial charge >= 0.3 is 0 Å². The summed E-state index contributed by atoms with van der Waals surface area (Å²) in [5, 5.41) is 3.43. The highest BCUT2D eigenvalue weighted by Crippen LogP contribution is 2.28. The molecule has 2 unspecified atom stereocenters. The third-order valence-corrected chi connectivity index (χ3v) is 4.18. The maximum absolute atomic E-state index is 3.43. The monoisotopic (exact) mass is 201 g/mol. The van der Waals surface area contributed by atoms with Crippen LogP contribution in [0.15, 0.2) is 0 Å². The van der Waals surface area contributed by atoms with E-state index in [4.69, 9.17) is 0 Å².